The van der Waals surface area contributed by atoms with E-state index < -0.39 is 5.97 Å². The number of hydrogen-bond donors (Lipinski definition) is 2. The summed E-state index contributed by atoms with van der Waals surface area (Å²) < 4.78 is 1.58. The third kappa shape index (κ3) is 3.52. The van der Waals surface area contributed by atoms with Crippen LogP contribution in [0.2, 0.25) is 0 Å². The third-order valence-corrected chi connectivity index (χ3v) is 3.37. The number of amides is 1. The number of hydrogen-bond acceptors (Lipinski definition) is 5. The SMILES string of the molecule is CC(=O)Nc1cccc(N=Nc2c(C(=O)O)nc3ccc(C)cn23)c1. The minimum absolute atomic E-state index is 0.135. The maximum Gasteiger partial charge on any atom is 0.358 e. The zero-order valence-electron chi connectivity index (χ0n) is 13.6. The van der Waals surface area contributed by atoms with Crippen molar-refractivity contribution < 1.29 is 14.7 Å². The molecule has 3 aromatic rings. The molecular weight excluding hydrogens is 322 g/mol. The summed E-state index contributed by atoms with van der Waals surface area (Å²) in [5.74, 6) is -1.24. The molecule has 3 rings (SSSR count). The number of pyridine rings is 1. The van der Waals surface area contributed by atoms with Crippen LogP contribution in [0.5, 0.6) is 0 Å². The van der Waals surface area contributed by atoms with E-state index in [4.69, 9.17) is 0 Å². The fourth-order valence-corrected chi connectivity index (χ4v) is 2.33. The lowest BCUT2D eigenvalue weighted by molar-refractivity contribution is -0.114. The average Bonchev–Trinajstić information content (AvgIpc) is 2.91. The normalized spacial score (nSPS) is 11.1. The topological polar surface area (TPSA) is 108 Å². The van der Waals surface area contributed by atoms with Crippen LogP contribution in [0.25, 0.3) is 5.65 Å². The van der Waals surface area contributed by atoms with Gasteiger partial charge in [0.15, 0.2) is 11.5 Å². The smallest absolute Gasteiger partial charge is 0.358 e. The standard InChI is InChI=1S/C17H15N5O3/c1-10-6-7-14-19-15(17(24)25)16(22(14)9-10)21-20-13-5-3-4-12(8-13)18-11(2)23/h3-9H,1-2H3,(H,18,23)(H,24,25). The lowest BCUT2D eigenvalue weighted by Gasteiger charge is -2.02. The van der Waals surface area contributed by atoms with Crippen LogP contribution in [-0.4, -0.2) is 26.4 Å². The van der Waals surface area contributed by atoms with E-state index >= 15 is 0 Å². The molecule has 2 N–H and O–H groups in total. The van der Waals surface area contributed by atoms with E-state index in [0.717, 1.165) is 5.56 Å². The first-order valence-corrected chi connectivity index (χ1v) is 7.45. The number of carbonyl (C=O) groups excluding carboxylic acids is 1. The molecule has 0 saturated carbocycles. The molecule has 8 heteroatoms. The highest BCUT2D eigenvalue weighted by Crippen LogP contribution is 2.26. The van der Waals surface area contributed by atoms with Crippen molar-refractivity contribution in [3.8, 4) is 0 Å². The molecule has 0 fully saturated rings. The molecule has 1 aromatic carbocycles. The highest BCUT2D eigenvalue weighted by Gasteiger charge is 2.18. The van der Waals surface area contributed by atoms with E-state index in [2.05, 4.69) is 20.5 Å². The van der Waals surface area contributed by atoms with Crippen LogP contribution in [0, 0.1) is 6.92 Å². The van der Waals surface area contributed by atoms with Crippen molar-refractivity contribution in [1.82, 2.24) is 9.38 Å². The van der Waals surface area contributed by atoms with Gasteiger partial charge in [-0.3, -0.25) is 9.20 Å². The summed E-state index contributed by atoms with van der Waals surface area (Å²) in [6.45, 7) is 3.30. The van der Waals surface area contributed by atoms with Gasteiger partial charge in [-0.15, -0.1) is 10.2 Å². The van der Waals surface area contributed by atoms with Crippen LogP contribution in [0.1, 0.15) is 23.0 Å². The van der Waals surface area contributed by atoms with Gasteiger partial charge in [0.2, 0.25) is 5.91 Å². The molecule has 126 valence electrons. The van der Waals surface area contributed by atoms with Crippen molar-refractivity contribution in [3.05, 3.63) is 53.9 Å². The quantitative estimate of drug-likeness (QED) is 0.707. The number of aromatic nitrogens is 2. The van der Waals surface area contributed by atoms with Crippen molar-refractivity contribution >= 4 is 34.7 Å². The first-order valence-electron chi connectivity index (χ1n) is 7.45. The molecule has 0 spiro atoms. The molecule has 25 heavy (non-hydrogen) atoms. The number of nitrogens with zero attached hydrogens (tertiary/aromatic N) is 4. The van der Waals surface area contributed by atoms with E-state index in [1.807, 2.05) is 13.0 Å². The Labute approximate surface area is 142 Å². The number of benzene rings is 1. The number of rotatable bonds is 4. The van der Waals surface area contributed by atoms with Crippen molar-refractivity contribution in [3.63, 3.8) is 0 Å². The van der Waals surface area contributed by atoms with Gasteiger partial charge in [0, 0.05) is 18.8 Å². The Hall–Kier alpha value is -3.55. The second kappa shape index (κ2) is 6.52. The Morgan fingerprint density at radius 1 is 1.20 bits per heavy atom. The molecule has 0 saturated heterocycles. The van der Waals surface area contributed by atoms with Gasteiger partial charge < -0.3 is 10.4 Å². The van der Waals surface area contributed by atoms with Crippen molar-refractivity contribution in [2.45, 2.75) is 13.8 Å². The van der Waals surface area contributed by atoms with Gasteiger partial charge >= 0.3 is 5.97 Å². The lowest BCUT2D eigenvalue weighted by atomic mass is 10.3. The molecule has 8 nitrogen and oxygen atoms in total. The van der Waals surface area contributed by atoms with Crippen LogP contribution in [0.4, 0.5) is 17.2 Å². The number of fused-ring (bicyclic) bond motifs is 1. The van der Waals surface area contributed by atoms with Gasteiger partial charge in [-0.25, -0.2) is 9.78 Å². The summed E-state index contributed by atoms with van der Waals surface area (Å²) in [5.41, 5.74) is 2.30. The van der Waals surface area contributed by atoms with Crippen LogP contribution in [-0.2, 0) is 4.79 Å². The van der Waals surface area contributed by atoms with Gasteiger partial charge in [0.05, 0.1) is 5.69 Å². The lowest BCUT2D eigenvalue weighted by Crippen LogP contribution is -2.05. The minimum atomic E-state index is -1.18. The van der Waals surface area contributed by atoms with Crippen LogP contribution in [0.3, 0.4) is 0 Å². The first-order chi connectivity index (χ1) is 11.9. The highest BCUT2D eigenvalue weighted by atomic mass is 16.4. The molecular formula is C17H15N5O3. The number of aryl methyl sites for hydroxylation is 1. The van der Waals surface area contributed by atoms with Gasteiger partial charge in [-0.1, -0.05) is 12.1 Å². The Morgan fingerprint density at radius 3 is 2.72 bits per heavy atom. The molecule has 0 aliphatic carbocycles. The minimum Gasteiger partial charge on any atom is -0.476 e. The number of carboxylic acid groups (broad SMARTS) is 1. The Morgan fingerprint density at radius 2 is 2.00 bits per heavy atom. The molecule has 0 atom stereocenters. The van der Waals surface area contributed by atoms with Gasteiger partial charge in [0.1, 0.15) is 5.65 Å². The predicted octanol–water partition coefficient (Wildman–Crippen LogP) is 3.71. The maximum absolute atomic E-state index is 11.4. The summed E-state index contributed by atoms with van der Waals surface area (Å²) in [6.07, 6.45) is 1.75. The summed E-state index contributed by atoms with van der Waals surface area (Å²) >= 11 is 0. The monoisotopic (exact) mass is 337 g/mol. The summed E-state index contributed by atoms with van der Waals surface area (Å²) in [6, 6.07) is 10.3. The van der Waals surface area contributed by atoms with Gasteiger partial charge in [-0.2, -0.15) is 0 Å². The fourth-order valence-electron chi connectivity index (χ4n) is 2.33. The van der Waals surface area contributed by atoms with E-state index in [9.17, 15) is 14.7 Å². The van der Waals surface area contributed by atoms with Crippen LogP contribution >= 0.6 is 0 Å². The van der Waals surface area contributed by atoms with Crippen LogP contribution in [0.15, 0.2) is 52.8 Å². The molecule has 2 heterocycles. The highest BCUT2D eigenvalue weighted by molar-refractivity contribution is 5.92. The number of nitrogens with one attached hydrogen (secondary N) is 1. The zero-order chi connectivity index (χ0) is 18.0. The molecule has 0 radical (unpaired) electrons. The zero-order valence-corrected chi connectivity index (χ0v) is 13.6. The molecule has 2 aromatic heterocycles. The van der Waals surface area contributed by atoms with Crippen molar-refractivity contribution in [2.24, 2.45) is 10.2 Å². The second-order valence-corrected chi connectivity index (χ2v) is 5.46. The van der Waals surface area contributed by atoms with E-state index in [-0.39, 0.29) is 17.4 Å². The van der Waals surface area contributed by atoms with E-state index in [0.29, 0.717) is 17.0 Å². The molecule has 0 bridgehead atoms. The summed E-state index contributed by atoms with van der Waals surface area (Å²) in [4.78, 5) is 26.6. The number of azo groups is 1. The molecule has 1 amide bonds. The number of carbonyl (C=O) groups is 2. The Kier molecular flexibility index (Phi) is 4.25. The number of anilines is 1. The number of carboxylic acids is 1. The van der Waals surface area contributed by atoms with Crippen LogP contribution < -0.4 is 5.32 Å². The summed E-state index contributed by atoms with van der Waals surface area (Å²) in [5, 5.41) is 20.2. The fraction of sp³-hybridized carbons (Fsp3) is 0.118. The maximum atomic E-state index is 11.4. The van der Waals surface area contributed by atoms with Gasteiger partial charge in [0.25, 0.3) is 0 Å². The van der Waals surface area contributed by atoms with Crippen molar-refractivity contribution in [2.75, 3.05) is 5.32 Å². The third-order valence-electron chi connectivity index (χ3n) is 3.37. The summed E-state index contributed by atoms with van der Waals surface area (Å²) in [7, 11) is 0. The number of imidazole rings is 1. The number of aromatic carboxylic acids is 1. The predicted molar refractivity (Wildman–Crippen MR) is 91.8 cm³/mol. The largest absolute Gasteiger partial charge is 0.476 e. The average molecular weight is 337 g/mol. The molecule has 0 aliphatic rings. The van der Waals surface area contributed by atoms with E-state index in [1.54, 1.807) is 40.9 Å². The van der Waals surface area contributed by atoms with Gasteiger partial charge in [-0.05, 0) is 36.8 Å². The first kappa shape index (κ1) is 16.3. The van der Waals surface area contributed by atoms with E-state index in [1.165, 1.54) is 6.92 Å². The second-order valence-electron chi connectivity index (χ2n) is 5.46. The Balaban J connectivity index is 2.03. The van der Waals surface area contributed by atoms with Crippen molar-refractivity contribution in [1.29, 1.82) is 0 Å². The Bertz CT molecular complexity index is 1010. The molecule has 0 unspecified atom stereocenters. The molecule has 0 aliphatic heterocycles.